The van der Waals surface area contributed by atoms with E-state index in [9.17, 15) is 4.39 Å². The molecule has 0 fully saturated rings. The van der Waals surface area contributed by atoms with Crippen molar-refractivity contribution in [1.29, 1.82) is 0 Å². The lowest BCUT2D eigenvalue weighted by atomic mass is 9.98. The molecular formula is C14H13ClFN. The molecule has 2 aromatic carbocycles. The van der Waals surface area contributed by atoms with Gasteiger partial charge in [0.1, 0.15) is 5.82 Å². The lowest BCUT2D eigenvalue weighted by Gasteiger charge is -2.14. The molecule has 2 aromatic rings. The highest BCUT2D eigenvalue weighted by molar-refractivity contribution is 6.31. The van der Waals surface area contributed by atoms with Crippen LogP contribution >= 0.6 is 11.6 Å². The summed E-state index contributed by atoms with van der Waals surface area (Å²) in [5.41, 5.74) is 8.97. The van der Waals surface area contributed by atoms with Crippen LogP contribution in [0, 0.1) is 12.7 Å². The minimum absolute atomic E-state index is 0.331. The van der Waals surface area contributed by atoms with Gasteiger partial charge in [-0.05, 0) is 30.2 Å². The summed E-state index contributed by atoms with van der Waals surface area (Å²) in [6.45, 7) is 2.00. The molecule has 3 heteroatoms. The van der Waals surface area contributed by atoms with E-state index in [0.717, 1.165) is 16.7 Å². The summed E-state index contributed by atoms with van der Waals surface area (Å²) in [4.78, 5) is 0. The van der Waals surface area contributed by atoms with E-state index in [1.807, 2.05) is 31.2 Å². The maximum absolute atomic E-state index is 13.0. The van der Waals surface area contributed by atoms with E-state index >= 15 is 0 Å². The van der Waals surface area contributed by atoms with Crippen molar-refractivity contribution in [2.45, 2.75) is 13.0 Å². The van der Waals surface area contributed by atoms with Crippen LogP contribution in [-0.4, -0.2) is 0 Å². The van der Waals surface area contributed by atoms with Gasteiger partial charge in [-0.3, -0.25) is 0 Å². The van der Waals surface area contributed by atoms with E-state index in [-0.39, 0.29) is 11.9 Å². The molecule has 0 amide bonds. The van der Waals surface area contributed by atoms with Crippen molar-refractivity contribution in [3.63, 3.8) is 0 Å². The zero-order chi connectivity index (χ0) is 12.4. The lowest BCUT2D eigenvalue weighted by Crippen LogP contribution is -2.12. The first kappa shape index (κ1) is 12.1. The summed E-state index contributed by atoms with van der Waals surface area (Å²) in [6.07, 6.45) is 0. The van der Waals surface area contributed by atoms with Gasteiger partial charge in [-0.2, -0.15) is 0 Å². The molecule has 2 N–H and O–H groups in total. The zero-order valence-corrected chi connectivity index (χ0v) is 10.2. The van der Waals surface area contributed by atoms with Crippen molar-refractivity contribution in [2.75, 3.05) is 0 Å². The number of rotatable bonds is 2. The molecule has 0 heterocycles. The number of nitrogens with two attached hydrogens (primary N) is 1. The Morgan fingerprint density at radius 3 is 2.59 bits per heavy atom. The fraction of sp³-hybridized carbons (Fsp3) is 0.143. The smallest absolute Gasteiger partial charge is 0.124 e. The third-order valence-electron chi connectivity index (χ3n) is 2.70. The van der Waals surface area contributed by atoms with Gasteiger partial charge in [0.2, 0.25) is 0 Å². The standard InChI is InChI=1S/C14H13ClFN/c1-9-3-2-4-10(7-9)14(17)12-6-5-11(16)8-13(12)15/h2-8,14H,17H2,1H3. The maximum atomic E-state index is 13.0. The minimum atomic E-state index is -0.352. The molecule has 2 rings (SSSR count). The van der Waals surface area contributed by atoms with Crippen LogP contribution in [0.2, 0.25) is 5.02 Å². The van der Waals surface area contributed by atoms with Crippen molar-refractivity contribution in [2.24, 2.45) is 5.73 Å². The van der Waals surface area contributed by atoms with Crippen LogP contribution in [0.25, 0.3) is 0 Å². The van der Waals surface area contributed by atoms with Gasteiger partial charge in [-0.25, -0.2) is 4.39 Å². The molecule has 1 atom stereocenters. The van der Waals surface area contributed by atoms with Crippen molar-refractivity contribution < 1.29 is 4.39 Å². The van der Waals surface area contributed by atoms with Gasteiger partial charge in [-0.15, -0.1) is 0 Å². The molecule has 0 radical (unpaired) electrons. The Labute approximate surface area is 105 Å². The second-order valence-electron chi connectivity index (χ2n) is 4.06. The molecule has 1 nitrogen and oxygen atoms in total. The summed E-state index contributed by atoms with van der Waals surface area (Å²) in [7, 11) is 0. The first-order valence-electron chi connectivity index (χ1n) is 5.35. The Morgan fingerprint density at radius 1 is 1.18 bits per heavy atom. The molecule has 0 spiro atoms. The first-order chi connectivity index (χ1) is 8.08. The average Bonchev–Trinajstić information content (AvgIpc) is 2.28. The van der Waals surface area contributed by atoms with Gasteiger partial charge < -0.3 is 5.73 Å². The number of hydrogen-bond acceptors (Lipinski definition) is 1. The summed E-state index contributed by atoms with van der Waals surface area (Å²) in [5.74, 6) is -0.352. The van der Waals surface area contributed by atoms with Gasteiger partial charge >= 0.3 is 0 Å². The number of hydrogen-bond donors (Lipinski definition) is 1. The molecule has 0 saturated heterocycles. The van der Waals surface area contributed by atoms with Crippen LogP contribution in [0.3, 0.4) is 0 Å². The Morgan fingerprint density at radius 2 is 1.94 bits per heavy atom. The topological polar surface area (TPSA) is 26.0 Å². The molecule has 0 aliphatic carbocycles. The van der Waals surface area contributed by atoms with Gasteiger partial charge in [0.05, 0.1) is 6.04 Å². The van der Waals surface area contributed by atoms with Crippen LogP contribution in [-0.2, 0) is 0 Å². The van der Waals surface area contributed by atoms with Crippen molar-refractivity contribution in [3.8, 4) is 0 Å². The van der Waals surface area contributed by atoms with E-state index in [2.05, 4.69) is 0 Å². The summed E-state index contributed by atoms with van der Waals surface area (Å²) in [5, 5.41) is 0.360. The second kappa shape index (κ2) is 4.86. The highest BCUT2D eigenvalue weighted by atomic mass is 35.5. The minimum Gasteiger partial charge on any atom is -0.320 e. The number of benzene rings is 2. The van der Waals surface area contributed by atoms with E-state index in [1.54, 1.807) is 6.07 Å². The normalized spacial score (nSPS) is 12.5. The molecule has 1 unspecified atom stereocenters. The summed E-state index contributed by atoms with van der Waals surface area (Å²) < 4.78 is 13.0. The monoisotopic (exact) mass is 249 g/mol. The molecular weight excluding hydrogens is 237 g/mol. The van der Waals surface area contributed by atoms with Crippen LogP contribution in [0.15, 0.2) is 42.5 Å². The fourth-order valence-electron chi connectivity index (χ4n) is 1.80. The third kappa shape index (κ3) is 2.65. The molecule has 17 heavy (non-hydrogen) atoms. The first-order valence-corrected chi connectivity index (χ1v) is 5.73. The van der Waals surface area contributed by atoms with E-state index in [1.165, 1.54) is 12.1 Å². The average molecular weight is 250 g/mol. The predicted molar refractivity (Wildman–Crippen MR) is 68.6 cm³/mol. The predicted octanol–water partition coefficient (Wildman–Crippen LogP) is 3.84. The van der Waals surface area contributed by atoms with Crippen molar-refractivity contribution >= 4 is 11.6 Å². The quantitative estimate of drug-likeness (QED) is 0.860. The molecule has 88 valence electrons. The van der Waals surface area contributed by atoms with Crippen LogP contribution in [0.5, 0.6) is 0 Å². The number of halogens is 2. The highest BCUT2D eigenvalue weighted by Gasteiger charge is 2.12. The molecule has 0 aromatic heterocycles. The van der Waals surface area contributed by atoms with Crippen LogP contribution < -0.4 is 5.73 Å². The van der Waals surface area contributed by atoms with Gasteiger partial charge in [0.25, 0.3) is 0 Å². The maximum Gasteiger partial charge on any atom is 0.124 e. The summed E-state index contributed by atoms with van der Waals surface area (Å²) >= 11 is 5.99. The van der Waals surface area contributed by atoms with Gasteiger partial charge in [0, 0.05) is 5.02 Å². The lowest BCUT2D eigenvalue weighted by molar-refractivity contribution is 0.626. The molecule has 0 bridgehead atoms. The SMILES string of the molecule is Cc1cccc(C(N)c2ccc(F)cc2Cl)c1. The summed E-state index contributed by atoms with van der Waals surface area (Å²) in [6, 6.07) is 11.9. The Bertz CT molecular complexity index is 539. The Hall–Kier alpha value is -1.38. The van der Waals surface area contributed by atoms with E-state index < -0.39 is 0 Å². The van der Waals surface area contributed by atoms with Crippen LogP contribution in [0.4, 0.5) is 4.39 Å². The van der Waals surface area contributed by atoms with Crippen LogP contribution in [0.1, 0.15) is 22.7 Å². The Kier molecular flexibility index (Phi) is 3.46. The zero-order valence-electron chi connectivity index (χ0n) is 9.45. The molecule has 0 aliphatic rings. The van der Waals surface area contributed by atoms with Gasteiger partial charge in [-0.1, -0.05) is 47.5 Å². The highest BCUT2D eigenvalue weighted by Crippen LogP contribution is 2.27. The molecule has 0 saturated carbocycles. The van der Waals surface area contributed by atoms with Gasteiger partial charge in [0.15, 0.2) is 0 Å². The fourth-order valence-corrected chi connectivity index (χ4v) is 2.08. The number of aryl methyl sites for hydroxylation is 1. The molecule has 0 aliphatic heterocycles. The van der Waals surface area contributed by atoms with Crippen molar-refractivity contribution in [3.05, 3.63) is 70.0 Å². The second-order valence-corrected chi connectivity index (χ2v) is 4.46. The van der Waals surface area contributed by atoms with E-state index in [4.69, 9.17) is 17.3 Å². The largest absolute Gasteiger partial charge is 0.320 e. The van der Waals surface area contributed by atoms with E-state index in [0.29, 0.717) is 5.02 Å². The third-order valence-corrected chi connectivity index (χ3v) is 3.03. The van der Waals surface area contributed by atoms with Crippen molar-refractivity contribution in [1.82, 2.24) is 0 Å². The Balaban J connectivity index is 2.40.